The lowest BCUT2D eigenvalue weighted by atomic mass is 9.93. The molecule has 0 radical (unpaired) electrons. The Morgan fingerprint density at radius 3 is 2.54 bits per heavy atom. The van der Waals surface area contributed by atoms with Crippen molar-refractivity contribution in [3.63, 3.8) is 0 Å². The fraction of sp³-hybridized carbons (Fsp3) is 0.367. The lowest BCUT2D eigenvalue weighted by Crippen LogP contribution is -2.50. The van der Waals surface area contributed by atoms with Crippen LogP contribution in [0.4, 0.5) is 25.0 Å². The zero-order valence-electron chi connectivity index (χ0n) is 25.2. The number of piperidine rings is 1. The molecule has 0 spiro atoms. The van der Waals surface area contributed by atoms with Crippen LogP contribution in [0.5, 0.6) is 11.6 Å². The molecule has 4 rings (SSSR count). The van der Waals surface area contributed by atoms with Gasteiger partial charge in [0.2, 0.25) is 15.9 Å². The van der Waals surface area contributed by atoms with E-state index in [2.05, 4.69) is 32.2 Å². The highest BCUT2D eigenvalue weighted by molar-refractivity contribution is 7.92. The number of unbranched alkanes of at least 4 members (excludes halogenated alkanes) is 1. The van der Waals surface area contributed by atoms with Gasteiger partial charge >= 0.3 is 6.03 Å². The number of halogens is 4. The summed E-state index contributed by atoms with van der Waals surface area (Å²) in [5, 5.41) is 5.45. The smallest absolute Gasteiger partial charge is 0.319 e. The van der Waals surface area contributed by atoms with Gasteiger partial charge in [-0.1, -0.05) is 37.4 Å². The standard InChI is InChI=1S/C30H35ClF2N6O5S.ClH/c1-3-4-5-21-12-19(36-30(41)37-26-14-22(29(34)40)24(32)15-25(26)33)10-11-39(21)17-18-6-9-28(35-16-18)44-27-8-7-20(13-23(27)31)38-45(2,42)43;/h6-9,13-16,19,21,38H,3-5,10-12,17H2,1-2H3,(H2,34,40)(H2,36,37,41);1H. The van der Waals surface area contributed by atoms with Gasteiger partial charge in [-0.2, -0.15) is 0 Å². The molecule has 16 heteroatoms. The Morgan fingerprint density at radius 1 is 1.15 bits per heavy atom. The van der Waals surface area contributed by atoms with Crippen LogP contribution in [0.2, 0.25) is 5.02 Å². The average Bonchev–Trinajstić information content (AvgIpc) is 2.96. The average molecular weight is 702 g/mol. The quantitative estimate of drug-likeness (QED) is 0.179. The monoisotopic (exact) mass is 700 g/mol. The Bertz CT molecular complexity index is 1650. The molecule has 250 valence electrons. The van der Waals surface area contributed by atoms with E-state index >= 15 is 0 Å². The SMILES string of the molecule is CCCCC1CC(NC(=O)Nc2cc(C(N)=O)c(F)cc2F)CCN1Cc1ccc(Oc2ccc(NS(C)(=O)=O)cc2Cl)nc1.Cl. The molecule has 1 aromatic heterocycles. The van der Waals surface area contributed by atoms with Gasteiger partial charge in [0.25, 0.3) is 5.91 Å². The van der Waals surface area contributed by atoms with Gasteiger partial charge in [-0.3, -0.25) is 14.4 Å². The number of ether oxygens (including phenoxy) is 1. The molecule has 3 aromatic rings. The molecule has 2 unspecified atom stereocenters. The van der Waals surface area contributed by atoms with E-state index in [1.165, 1.54) is 12.1 Å². The molecule has 0 bridgehead atoms. The molecule has 11 nitrogen and oxygen atoms in total. The van der Waals surface area contributed by atoms with Crippen molar-refractivity contribution < 1.29 is 31.5 Å². The van der Waals surface area contributed by atoms with Gasteiger partial charge in [-0.25, -0.2) is 27.0 Å². The predicted octanol–water partition coefficient (Wildman–Crippen LogP) is 6.04. The van der Waals surface area contributed by atoms with Crippen LogP contribution in [0.25, 0.3) is 0 Å². The van der Waals surface area contributed by atoms with Crippen LogP contribution in [0, 0.1) is 11.6 Å². The summed E-state index contributed by atoms with van der Waals surface area (Å²) in [5.41, 5.74) is 5.55. The maximum Gasteiger partial charge on any atom is 0.319 e. The summed E-state index contributed by atoms with van der Waals surface area (Å²) in [4.78, 5) is 30.8. The molecule has 2 aromatic carbocycles. The molecule has 46 heavy (non-hydrogen) atoms. The fourth-order valence-corrected chi connectivity index (χ4v) is 5.90. The number of nitrogens with zero attached hydrogens (tertiary/aromatic N) is 2. The molecule has 1 fully saturated rings. The number of urea groups is 1. The van der Waals surface area contributed by atoms with Crippen LogP contribution in [0.15, 0.2) is 48.7 Å². The van der Waals surface area contributed by atoms with E-state index in [0.717, 1.165) is 37.1 Å². The van der Waals surface area contributed by atoms with E-state index in [9.17, 15) is 26.8 Å². The van der Waals surface area contributed by atoms with Crippen LogP contribution in [0.3, 0.4) is 0 Å². The second-order valence-electron chi connectivity index (χ2n) is 10.9. The number of aromatic nitrogens is 1. The van der Waals surface area contributed by atoms with Crippen molar-refractivity contribution in [1.82, 2.24) is 15.2 Å². The Kier molecular flexibility index (Phi) is 12.9. The van der Waals surface area contributed by atoms with Crippen LogP contribution >= 0.6 is 24.0 Å². The predicted molar refractivity (Wildman–Crippen MR) is 175 cm³/mol. The van der Waals surface area contributed by atoms with Crippen molar-refractivity contribution in [2.24, 2.45) is 5.73 Å². The van der Waals surface area contributed by atoms with Gasteiger partial charge in [0, 0.05) is 43.5 Å². The molecular formula is C30H36Cl2F2N6O5S. The number of nitrogens with one attached hydrogen (secondary N) is 3. The highest BCUT2D eigenvalue weighted by Crippen LogP contribution is 2.32. The first-order chi connectivity index (χ1) is 21.3. The number of anilines is 2. The second-order valence-corrected chi connectivity index (χ2v) is 13.0. The minimum absolute atomic E-state index is 0. The van der Waals surface area contributed by atoms with Gasteiger partial charge in [0.15, 0.2) is 0 Å². The third-order valence-corrected chi connectivity index (χ3v) is 8.17. The number of amides is 3. The van der Waals surface area contributed by atoms with E-state index in [1.54, 1.807) is 18.3 Å². The minimum Gasteiger partial charge on any atom is -0.437 e. The molecule has 2 atom stereocenters. The summed E-state index contributed by atoms with van der Waals surface area (Å²) in [6.45, 7) is 3.43. The third kappa shape index (κ3) is 10.4. The maximum atomic E-state index is 14.2. The first-order valence-corrected chi connectivity index (χ1v) is 16.6. The van der Waals surface area contributed by atoms with Crippen LogP contribution in [-0.2, 0) is 16.6 Å². The Balaban J connectivity index is 0.00000576. The second kappa shape index (κ2) is 16.2. The lowest BCUT2D eigenvalue weighted by Gasteiger charge is -2.40. The van der Waals surface area contributed by atoms with Gasteiger partial charge < -0.3 is 21.1 Å². The van der Waals surface area contributed by atoms with Crippen molar-refractivity contribution in [2.75, 3.05) is 22.8 Å². The summed E-state index contributed by atoms with van der Waals surface area (Å²) >= 11 is 6.27. The fourth-order valence-electron chi connectivity index (χ4n) is 5.13. The molecule has 3 amide bonds. The maximum absolute atomic E-state index is 14.2. The number of hydrogen-bond donors (Lipinski definition) is 4. The van der Waals surface area contributed by atoms with Gasteiger partial charge in [-0.15, -0.1) is 12.4 Å². The van der Waals surface area contributed by atoms with Crippen molar-refractivity contribution in [3.8, 4) is 11.6 Å². The summed E-state index contributed by atoms with van der Waals surface area (Å²) in [7, 11) is -3.44. The van der Waals surface area contributed by atoms with Crippen molar-refractivity contribution in [2.45, 2.75) is 57.7 Å². The van der Waals surface area contributed by atoms with Crippen molar-refractivity contribution >= 4 is 57.3 Å². The van der Waals surface area contributed by atoms with E-state index in [0.29, 0.717) is 49.3 Å². The van der Waals surface area contributed by atoms with Crippen LogP contribution < -0.4 is 25.8 Å². The van der Waals surface area contributed by atoms with E-state index in [4.69, 9.17) is 22.1 Å². The normalized spacial score (nSPS) is 16.6. The number of hydrogen-bond acceptors (Lipinski definition) is 7. The molecule has 2 heterocycles. The summed E-state index contributed by atoms with van der Waals surface area (Å²) < 4.78 is 59.1. The van der Waals surface area contributed by atoms with Gasteiger partial charge in [0.05, 0.1) is 28.2 Å². The highest BCUT2D eigenvalue weighted by atomic mass is 35.5. The number of rotatable bonds is 12. The zero-order valence-corrected chi connectivity index (χ0v) is 27.6. The summed E-state index contributed by atoms with van der Waals surface area (Å²) in [6, 6.07) is 8.89. The molecule has 5 N–H and O–H groups in total. The number of pyridine rings is 1. The molecular weight excluding hydrogens is 665 g/mol. The number of benzene rings is 2. The van der Waals surface area contributed by atoms with E-state index < -0.39 is 39.2 Å². The van der Waals surface area contributed by atoms with Crippen molar-refractivity contribution in [1.29, 1.82) is 0 Å². The number of likely N-dealkylation sites (tertiary alicyclic amines) is 1. The van der Waals surface area contributed by atoms with E-state index in [-0.39, 0.29) is 35.2 Å². The Hall–Kier alpha value is -3.72. The number of nitrogens with two attached hydrogens (primary N) is 1. The molecule has 1 aliphatic heterocycles. The topological polar surface area (TPSA) is 156 Å². The third-order valence-electron chi connectivity index (χ3n) is 7.27. The lowest BCUT2D eigenvalue weighted by molar-refractivity contribution is 0.0996. The molecule has 1 aliphatic rings. The highest BCUT2D eigenvalue weighted by Gasteiger charge is 2.29. The summed E-state index contributed by atoms with van der Waals surface area (Å²) in [6.07, 6.45) is 7.01. The number of carbonyl (C=O) groups excluding carboxylic acids is 2. The first-order valence-electron chi connectivity index (χ1n) is 14.3. The Morgan fingerprint density at radius 2 is 1.91 bits per heavy atom. The minimum atomic E-state index is -3.44. The number of sulfonamides is 1. The number of carbonyl (C=O) groups is 2. The molecule has 1 saturated heterocycles. The largest absolute Gasteiger partial charge is 0.437 e. The van der Waals surface area contributed by atoms with Crippen molar-refractivity contribution in [3.05, 3.63) is 76.4 Å². The number of primary amides is 1. The zero-order chi connectivity index (χ0) is 32.7. The van der Waals surface area contributed by atoms with Crippen LogP contribution in [0.1, 0.15) is 54.9 Å². The van der Waals surface area contributed by atoms with E-state index in [1.807, 2.05) is 6.07 Å². The summed E-state index contributed by atoms with van der Waals surface area (Å²) in [5.74, 6) is -2.54. The van der Waals surface area contributed by atoms with Gasteiger partial charge in [-0.05, 0) is 49.1 Å². The van der Waals surface area contributed by atoms with Crippen LogP contribution in [-0.4, -0.2) is 55.1 Å². The Labute approximate surface area is 277 Å². The van der Waals surface area contributed by atoms with Gasteiger partial charge in [0.1, 0.15) is 17.4 Å². The molecule has 0 aliphatic carbocycles. The molecule has 0 saturated carbocycles. The first kappa shape index (κ1) is 36.7.